The fourth-order valence-electron chi connectivity index (χ4n) is 2.59. The van der Waals surface area contributed by atoms with Crippen molar-refractivity contribution in [2.75, 3.05) is 13.6 Å². The van der Waals surface area contributed by atoms with Gasteiger partial charge in [0.05, 0.1) is 6.20 Å². The average Bonchev–Trinajstić information content (AvgIpc) is 2.98. The number of para-hydroxylation sites is 1. The van der Waals surface area contributed by atoms with Crippen molar-refractivity contribution in [1.29, 1.82) is 0 Å². The quantitative estimate of drug-likeness (QED) is 0.670. The number of hydrogen-bond donors (Lipinski definition) is 3. The van der Waals surface area contributed by atoms with Crippen LogP contribution in [0.25, 0.3) is 22.0 Å². The summed E-state index contributed by atoms with van der Waals surface area (Å²) in [7, 11) is 1.97. The first-order valence-corrected chi connectivity index (χ1v) is 6.55. The Morgan fingerprint density at radius 1 is 1.26 bits per heavy atom. The van der Waals surface area contributed by atoms with Gasteiger partial charge >= 0.3 is 0 Å². The van der Waals surface area contributed by atoms with E-state index >= 15 is 0 Å². The molecule has 0 unspecified atom stereocenters. The number of aryl methyl sites for hydroxylation is 1. The molecule has 0 saturated carbocycles. The lowest BCUT2D eigenvalue weighted by Crippen LogP contribution is -2.11. The Morgan fingerprint density at radius 2 is 2.11 bits per heavy atom. The van der Waals surface area contributed by atoms with Gasteiger partial charge in [0.15, 0.2) is 0 Å². The van der Waals surface area contributed by atoms with Crippen LogP contribution in [0.5, 0.6) is 0 Å². The molecule has 2 aromatic heterocycles. The van der Waals surface area contributed by atoms with Gasteiger partial charge in [0.2, 0.25) is 0 Å². The maximum absolute atomic E-state index is 4.21. The molecule has 98 valence electrons. The molecule has 3 N–H and O–H groups in total. The van der Waals surface area contributed by atoms with Gasteiger partial charge < -0.3 is 10.3 Å². The molecule has 4 nitrogen and oxygen atoms in total. The standard InChI is InChI=1S/C15H18N4/c1-10-15(11-5-3-4-6-13(11)18-10)12-9-17-19-14(12)7-8-16-2/h3-6,9,16,18H,7-8H2,1-2H3,(H,17,19). The summed E-state index contributed by atoms with van der Waals surface area (Å²) in [6, 6.07) is 8.40. The second-order valence-electron chi connectivity index (χ2n) is 4.79. The number of hydrogen-bond acceptors (Lipinski definition) is 2. The maximum Gasteiger partial charge on any atom is 0.0569 e. The number of H-pyrrole nitrogens is 2. The monoisotopic (exact) mass is 254 g/mol. The molecule has 3 rings (SSSR count). The van der Waals surface area contributed by atoms with Crippen LogP contribution in [0.15, 0.2) is 30.5 Å². The van der Waals surface area contributed by atoms with Crippen molar-refractivity contribution in [1.82, 2.24) is 20.5 Å². The minimum Gasteiger partial charge on any atom is -0.358 e. The molecule has 0 fully saturated rings. The predicted octanol–water partition coefficient (Wildman–Crippen LogP) is 2.63. The van der Waals surface area contributed by atoms with E-state index in [2.05, 4.69) is 51.7 Å². The third kappa shape index (κ3) is 2.04. The van der Waals surface area contributed by atoms with Crippen molar-refractivity contribution in [3.05, 3.63) is 41.9 Å². The van der Waals surface area contributed by atoms with Crippen molar-refractivity contribution in [2.24, 2.45) is 0 Å². The molecule has 0 aliphatic heterocycles. The normalized spacial score (nSPS) is 11.3. The van der Waals surface area contributed by atoms with E-state index in [0.717, 1.165) is 13.0 Å². The lowest BCUT2D eigenvalue weighted by atomic mass is 10.0. The van der Waals surface area contributed by atoms with E-state index in [9.17, 15) is 0 Å². The Labute approximate surface area is 112 Å². The Balaban J connectivity index is 2.14. The molecule has 0 spiro atoms. The number of nitrogens with zero attached hydrogens (tertiary/aromatic N) is 1. The van der Waals surface area contributed by atoms with Crippen molar-refractivity contribution in [3.63, 3.8) is 0 Å². The van der Waals surface area contributed by atoms with E-state index in [1.807, 2.05) is 13.2 Å². The van der Waals surface area contributed by atoms with E-state index in [-0.39, 0.29) is 0 Å². The fourth-order valence-corrected chi connectivity index (χ4v) is 2.59. The summed E-state index contributed by atoms with van der Waals surface area (Å²) in [5.41, 5.74) is 6.01. The number of rotatable bonds is 4. The summed E-state index contributed by atoms with van der Waals surface area (Å²) in [5.74, 6) is 0. The van der Waals surface area contributed by atoms with Crippen molar-refractivity contribution >= 4 is 10.9 Å². The van der Waals surface area contributed by atoms with E-state index in [1.54, 1.807) is 0 Å². The Kier molecular flexibility index (Phi) is 3.09. The first kappa shape index (κ1) is 12.0. The van der Waals surface area contributed by atoms with Gasteiger partial charge in [-0.25, -0.2) is 0 Å². The highest BCUT2D eigenvalue weighted by Crippen LogP contribution is 2.33. The van der Waals surface area contributed by atoms with Crippen LogP contribution >= 0.6 is 0 Å². The number of likely N-dealkylation sites (N-methyl/N-ethyl adjacent to an activating group) is 1. The molecule has 1 aromatic carbocycles. The van der Waals surface area contributed by atoms with Gasteiger partial charge in [-0.15, -0.1) is 0 Å². The lowest BCUT2D eigenvalue weighted by molar-refractivity contribution is 0.773. The van der Waals surface area contributed by atoms with E-state index in [1.165, 1.54) is 33.4 Å². The van der Waals surface area contributed by atoms with Gasteiger partial charge in [0, 0.05) is 46.4 Å². The van der Waals surface area contributed by atoms with Crippen molar-refractivity contribution < 1.29 is 0 Å². The van der Waals surface area contributed by atoms with Gasteiger partial charge in [-0.2, -0.15) is 5.10 Å². The van der Waals surface area contributed by atoms with Crippen LogP contribution < -0.4 is 5.32 Å². The largest absolute Gasteiger partial charge is 0.358 e. The summed E-state index contributed by atoms with van der Waals surface area (Å²) in [6.45, 7) is 3.06. The van der Waals surface area contributed by atoms with Gasteiger partial charge in [0.1, 0.15) is 0 Å². The molecule has 0 aliphatic carbocycles. The highest BCUT2D eigenvalue weighted by atomic mass is 15.1. The molecule has 19 heavy (non-hydrogen) atoms. The summed E-state index contributed by atoms with van der Waals surface area (Å²) in [4.78, 5) is 3.44. The molecule has 0 saturated heterocycles. The zero-order valence-electron chi connectivity index (χ0n) is 11.2. The summed E-state index contributed by atoms with van der Waals surface area (Å²) < 4.78 is 0. The third-order valence-electron chi connectivity index (χ3n) is 3.51. The predicted molar refractivity (Wildman–Crippen MR) is 78.2 cm³/mol. The van der Waals surface area contributed by atoms with Crippen LogP contribution in [-0.2, 0) is 6.42 Å². The van der Waals surface area contributed by atoms with Gasteiger partial charge in [-0.3, -0.25) is 5.10 Å². The van der Waals surface area contributed by atoms with Crippen LogP contribution in [0.3, 0.4) is 0 Å². The maximum atomic E-state index is 4.21. The molecule has 4 heteroatoms. The number of aromatic nitrogens is 3. The van der Waals surface area contributed by atoms with Gasteiger partial charge in [0.25, 0.3) is 0 Å². The highest BCUT2D eigenvalue weighted by molar-refractivity contribution is 5.97. The highest BCUT2D eigenvalue weighted by Gasteiger charge is 2.14. The topological polar surface area (TPSA) is 56.5 Å². The minimum atomic E-state index is 0.941. The van der Waals surface area contributed by atoms with Crippen LogP contribution in [0, 0.1) is 6.92 Å². The Morgan fingerprint density at radius 3 is 2.95 bits per heavy atom. The second kappa shape index (κ2) is 4.90. The average molecular weight is 254 g/mol. The summed E-state index contributed by atoms with van der Waals surface area (Å²) in [5, 5.41) is 11.8. The molecule has 2 heterocycles. The van der Waals surface area contributed by atoms with Crippen molar-refractivity contribution in [3.8, 4) is 11.1 Å². The third-order valence-corrected chi connectivity index (χ3v) is 3.51. The summed E-state index contributed by atoms with van der Waals surface area (Å²) >= 11 is 0. The Bertz CT molecular complexity index is 693. The molecular weight excluding hydrogens is 236 g/mol. The van der Waals surface area contributed by atoms with E-state index in [0.29, 0.717) is 0 Å². The van der Waals surface area contributed by atoms with Crippen molar-refractivity contribution in [2.45, 2.75) is 13.3 Å². The lowest BCUT2D eigenvalue weighted by Gasteiger charge is -2.03. The van der Waals surface area contributed by atoms with Crippen LogP contribution in [0.1, 0.15) is 11.4 Å². The van der Waals surface area contributed by atoms with Crippen LogP contribution in [0.2, 0.25) is 0 Å². The SMILES string of the molecule is CNCCc1[nH]ncc1-c1c(C)[nH]c2ccccc12. The zero-order chi connectivity index (χ0) is 13.2. The molecular formula is C15H18N4. The molecule has 3 aromatic rings. The van der Waals surface area contributed by atoms with Gasteiger partial charge in [-0.1, -0.05) is 18.2 Å². The van der Waals surface area contributed by atoms with Crippen LogP contribution in [0.4, 0.5) is 0 Å². The van der Waals surface area contributed by atoms with E-state index in [4.69, 9.17) is 0 Å². The summed E-state index contributed by atoms with van der Waals surface area (Å²) in [6.07, 6.45) is 2.87. The van der Waals surface area contributed by atoms with Gasteiger partial charge in [-0.05, 0) is 20.0 Å². The second-order valence-corrected chi connectivity index (χ2v) is 4.79. The fraction of sp³-hybridized carbons (Fsp3) is 0.267. The first-order chi connectivity index (χ1) is 9.31. The number of nitrogens with one attached hydrogen (secondary N) is 3. The molecule has 0 radical (unpaired) electrons. The Hall–Kier alpha value is -2.07. The first-order valence-electron chi connectivity index (χ1n) is 6.55. The molecule has 0 bridgehead atoms. The molecule has 0 amide bonds. The smallest absolute Gasteiger partial charge is 0.0569 e. The molecule has 0 aliphatic rings. The van der Waals surface area contributed by atoms with Crippen LogP contribution in [-0.4, -0.2) is 28.8 Å². The number of benzene rings is 1. The number of aromatic amines is 2. The van der Waals surface area contributed by atoms with E-state index < -0.39 is 0 Å². The minimum absolute atomic E-state index is 0.941. The zero-order valence-corrected chi connectivity index (χ0v) is 11.2. The number of fused-ring (bicyclic) bond motifs is 1. The molecule has 0 atom stereocenters.